The van der Waals surface area contributed by atoms with Crippen LogP contribution in [0, 0.1) is 5.92 Å². The van der Waals surface area contributed by atoms with Gasteiger partial charge in [-0.25, -0.2) is 0 Å². The van der Waals surface area contributed by atoms with Gasteiger partial charge in [-0.3, -0.25) is 4.79 Å². The van der Waals surface area contributed by atoms with E-state index < -0.39 is 5.97 Å². The molecule has 0 radical (unpaired) electrons. The molecule has 1 atom stereocenters. The van der Waals surface area contributed by atoms with E-state index in [1.165, 1.54) is 18.4 Å². The van der Waals surface area contributed by atoms with Gasteiger partial charge in [-0.15, -0.1) is 0 Å². The van der Waals surface area contributed by atoms with Crippen molar-refractivity contribution < 1.29 is 9.90 Å². The highest BCUT2D eigenvalue weighted by Gasteiger charge is 2.24. The molecule has 0 bridgehead atoms. The molecule has 0 aromatic heterocycles. The van der Waals surface area contributed by atoms with Crippen LogP contribution in [0.5, 0.6) is 0 Å². The maximum absolute atomic E-state index is 10.8. The minimum absolute atomic E-state index is 0.170. The molecule has 0 heterocycles. The molecule has 0 saturated carbocycles. The van der Waals surface area contributed by atoms with Crippen molar-refractivity contribution in [2.45, 2.75) is 45.4 Å². The van der Waals surface area contributed by atoms with Gasteiger partial charge in [0.25, 0.3) is 0 Å². The zero-order valence-electron chi connectivity index (χ0n) is 8.25. The predicted molar refractivity (Wildman–Crippen MR) is 52.6 cm³/mol. The number of hydrogen-bond donors (Lipinski definition) is 1. The molecule has 2 heteroatoms. The Morgan fingerprint density at radius 2 is 2.38 bits per heavy atom. The molecule has 1 rings (SSSR count). The van der Waals surface area contributed by atoms with E-state index in [4.69, 9.17) is 5.11 Å². The summed E-state index contributed by atoms with van der Waals surface area (Å²) in [6.07, 6.45) is 8.44. The quantitative estimate of drug-likeness (QED) is 0.524. The molecular formula is C11H18O2. The summed E-state index contributed by atoms with van der Waals surface area (Å²) in [7, 11) is 0. The molecule has 0 aromatic carbocycles. The first-order valence-corrected chi connectivity index (χ1v) is 5.17. The van der Waals surface area contributed by atoms with Crippen molar-refractivity contribution >= 4 is 5.97 Å². The standard InChI is InChI=1S/C11H18O2/c1-2-3-4-6-9-7-5-8-10(9)11(12)13/h7,10H,2-6,8H2,1H3,(H,12,13). The fourth-order valence-electron chi connectivity index (χ4n) is 1.90. The summed E-state index contributed by atoms with van der Waals surface area (Å²) in [5, 5.41) is 8.90. The van der Waals surface area contributed by atoms with Gasteiger partial charge >= 0.3 is 5.97 Å². The zero-order chi connectivity index (χ0) is 9.68. The molecule has 2 nitrogen and oxygen atoms in total. The summed E-state index contributed by atoms with van der Waals surface area (Å²) in [5.41, 5.74) is 1.17. The molecule has 1 N–H and O–H groups in total. The average Bonchev–Trinajstić information content (AvgIpc) is 2.53. The third-order valence-corrected chi connectivity index (χ3v) is 2.68. The second-order valence-electron chi connectivity index (χ2n) is 3.70. The van der Waals surface area contributed by atoms with Crippen molar-refractivity contribution in [1.82, 2.24) is 0 Å². The summed E-state index contributed by atoms with van der Waals surface area (Å²) in [5.74, 6) is -0.808. The maximum Gasteiger partial charge on any atom is 0.310 e. The van der Waals surface area contributed by atoms with E-state index in [0.29, 0.717) is 0 Å². The van der Waals surface area contributed by atoms with E-state index in [1.54, 1.807) is 0 Å². The second kappa shape index (κ2) is 5.05. The molecule has 0 amide bonds. The summed E-state index contributed by atoms with van der Waals surface area (Å²) in [4.78, 5) is 10.8. The third-order valence-electron chi connectivity index (χ3n) is 2.68. The summed E-state index contributed by atoms with van der Waals surface area (Å²) >= 11 is 0. The monoisotopic (exact) mass is 182 g/mol. The van der Waals surface area contributed by atoms with Gasteiger partial charge < -0.3 is 5.11 Å². The van der Waals surface area contributed by atoms with Crippen molar-refractivity contribution in [2.75, 3.05) is 0 Å². The van der Waals surface area contributed by atoms with Crippen molar-refractivity contribution in [1.29, 1.82) is 0 Å². The Labute approximate surface area is 79.6 Å². The van der Waals surface area contributed by atoms with Crippen molar-refractivity contribution in [3.8, 4) is 0 Å². The predicted octanol–water partition coefficient (Wildman–Crippen LogP) is 2.99. The normalized spacial score (nSPS) is 21.6. The highest BCUT2D eigenvalue weighted by atomic mass is 16.4. The van der Waals surface area contributed by atoms with E-state index in [-0.39, 0.29) is 5.92 Å². The fraction of sp³-hybridized carbons (Fsp3) is 0.727. The van der Waals surface area contributed by atoms with Gasteiger partial charge in [0, 0.05) is 0 Å². The van der Waals surface area contributed by atoms with Gasteiger partial charge in [-0.1, -0.05) is 31.4 Å². The Morgan fingerprint density at radius 3 is 3.00 bits per heavy atom. The molecule has 1 aliphatic rings. The number of carboxylic acids is 1. The lowest BCUT2D eigenvalue weighted by Gasteiger charge is -2.09. The van der Waals surface area contributed by atoms with Crippen LogP contribution in [0.4, 0.5) is 0 Å². The van der Waals surface area contributed by atoms with Crippen molar-refractivity contribution in [2.24, 2.45) is 5.92 Å². The van der Waals surface area contributed by atoms with Crippen molar-refractivity contribution in [3.63, 3.8) is 0 Å². The van der Waals surface area contributed by atoms with Gasteiger partial charge in [0.1, 0.15) is 0 Å². The lowest BCUT2D eigenvalue weighted by molar-refractivity contribution is -0.140. The van der Waals surface area contributed by atoms with Gasteiger partial charge in [-0.2, -0.15) is 0 Å². The van der Waals surface area contributed by atoms with Crippen LogP contribution < -0.4 is 0 Å². The van der Waals surface area contributed by atoms with Crippen LogP contribution in [-0.2, 0) is 4.79 Å². The summed E-state index contributed by atoms with van der Waals surface area (Å²) in [6.45, 7) is 2.16. The first-order valence-electron chi connectivity index (χ1n) is 5.17. The topological polar surface area (TPSA) is 37.3 Å². The summed E-state index contributed by atoms with van der Waals surface area (Å²) in [6, 6.07) is 0. The number of unbranched alkanes of at least 4 members (excludes halogenated alkanes) is 2. The Hall–Kier alpha value is -0.790. The lowest BCUT2D eigenvalue weighted by Crippen LogP contribution is -2.12. The van der Waals surface area contributed by atoms with Gasteiger partial charge in [0.15, 0.2) is 0 Å². The Kier molecular flexibility index (Phi) is 4.00. The Morgan fingerprint density at radius 1 is 1.62 bits per heavy atom. The molecule has 1 aliphatic carbocycles. The summed E-state index contributed by atoms with van der Waals surface area (Å²) < 4.78 is 0. The SMILES string of the molecule is CCCCCC1=CCCC1C(=O)O. The molecule has 0 spiro atoms. The van der Waals surface area contributed by atoms with Crippen molar-refractivity contribution in [3.05, 3.63) is 11.6 Å². The van der Waals surface area contributed by atoms with E-state index in [1.807, 2.05) is 0 Å². The second-order valence-corrected chi connectivity index (χ2v) is 3.70. The number of allylic oxidation sites excluding steroid dienone is 1. The van der Waals surface area contributed by atoms with Crippen LogP contribution in [-0.4, -0.2) is 11.1 Å². The number of aliphatic carboxylic acids is 1. The van der Waals surface area contributed by atoms with Gasteiger partial charge in [0.05, 0.1) is 5.92 Å². The maximum atomic E-state index is 10.8. The number of rotatable bonds is 5. The highest BCUT2D eigenvalue weighted by molar-refractivity contribution is 5.74. The number of carbonyl (C=O) groups is 1. The van der Waals surface area contributed by atoms with Gasteiger partial charge in [-0.05, 0) is 25.7 Å². The molecule has 13 heavy (non-hydrogen) atoms. The minimum atomic E-state index is -0.639. The average molecular weight is 182 g/mol. The van der Waals surface area contributed by atoms with E-state index in [2.05, 4.69) is 13.0 Å². The van der Waals surface area contributed by atoms with Crippen LogP contribution >= 0.6 is 0 Å². The zero-order valence-corrected chi connectivity index (χ0v) is 8.25. The Bertz CT molecular complexity index is 206. The molecular weight excluding hydrogens is 164 g/mol. The largest absolute Gasteiger partial charge is 0.481 e. The highest BCUT2D eigenvalue weighted by Crippen LogP contribution is 2.29. The first kappa shape index (κ1) is 10.3. The van der Waals surface area contributed by atoms with Gasteiger partial charge in [0.2, 0.25) is 0 Å². The minimum Gasteiger partial charge on any atom is -0.481 e. The molecule has 0 saturated heterocycles. The van der Waals surface area contributed by atoms with E-state index in [9.17, 15) is 4.79 Å². The molecule has 1 unspecified atom stereocenters. The van der Waals surface area contributed by atoms with Crippen LogP contribution in [0.2, 0.25) is 0 Å². The lowest BCUT2D eigenvalue weighted by atomic mass is 9.97. The molecule has 0 fully saturated rings. The smallest absolute Gasteiger partial charge is 0.310 e. The third kappa shape index (κ3) is 2.87. The van der Waals surface area contributed by atoms with E-state index >= 15 is 0 Å². The first-order chi connectivity index (χ1) is 6.25. The number of hydrogen-bond acceptors (Lipinski definition) is 1. The van der Waals surface area contributed by atoms with Crippen LogP contribution in [0.15, 0.2) is 11.6 Å². The van der Waals surface area contributed by atoms with Crippen LogP contribution in [0.3, 0.4) is 0 Å². The molecule has 0 aliphatic heterocycles. The Balaban J connectivity index is 2.35. The van der Waals surface area contributed by atoms with E-state index in [0.717, 1.165) is 25.7 Å². The van der Waals surface area contributed by atoms with Crippen LogP contribution in [0.25, 0.3) is 0 Å². The van der Waals surface area contributed by atoms with Crippen LogP contribution in [0.1, 0.15) is 45.4 Å². The molecule has 74 valence electrons. The number of carboxylic acid groups (broad SMARTS) is 1. The molecule has 0 aromatic rings. The fourth-order valence-corrected chi connectivity index (χ4v) is 1.90.